The number of anilines is 1. The maximum Gasteiger partial charge on any atom is 0.244 e. The van der Waals surface area contributed by atoms with E-state index in [1.807, 2.05) is 6.07 Å². The van der Waals surface area contributed by atoms with Gasteiger partial charge in [-0.05, 0) is 69.8 Å². The Labute approximate surface area is 248 Å². The summed E-state index contributed by atoms with van der Waals surface area (Å²) < 4.78 is 66.2. The molecule has 12 nitrogen and oxygen atoms in total. The van der Waals surface area contributed by atoms with Gasteiger partial charge in [-0.1, -0.05) is 6.07 Å². The van der Waals surface area contributed by atoms with Gasteiger partial charge in [0.05, 0.1) is 17.1 Å². The van der Waals surface area contributed by atoms with Crippen LogP contribution in [0.1, 0.15) is 38.5 Å². The van der Waals surface area contributed by atoms with Crippen molar-refractivity contribution in [2.75, 3.05) is 57.9 Å². The summed E-state index contributed by atoms with van der Waals surface area (Å²) in [5.41, 5.74) is -0.388. The molecule has 2 atom stereocenters. The van der Waals surface area contributed by atoms with Crippen molar-refractivity contribution in [3.63, 3.8) is 0 Å². The Morgan fingerprint density at radius 1 is 1.07 bits per heavy atom. The number of hydrogen-bond acceptors (Lipinski definition) is 10. The molecule has 1 unspecified atom stereocenters. The molecule has 0 saturated carbocycles. The van der Waals surface area contributed by atoms with E-state index < -0.39 is 26.2 Å². The molecule has 232 valence electrons. The lowest BCUT2D eigenvalue weighted by Gasteiger charge is -2.38. The largest absolute Gasteiger partial charge is 0.491 e. The SMILES string of the molecule is CNS(=O)(=O)c1cccc(OC[C@@H](O)CNC2COC3(CCN(S(=O)(=O)c4ccc(N5CCCCC5)nc4)CC3)C2)c1. The van der Waals surface area contributed by atoms with E-state index in [9.17, 15) is 21.9 Å². The van der Waals surface area contributed by atoms with Crippen molar-refractivity contribution in [1.82, 2.24) is 19.3 Å². The van der Waals surface area contributed by atoms with Gasteiger partial charge in [-0.25, -0.2) is 26.5 Å². The number of pyridine rings is 1. The number of hydrogen-bond donors (Lipinski definition) is 3. The summed E-state index contributed by atoms with van der Waals surface area (Å²) in [7, 11) is -5.88. The molecule has 0 bridgehead atoms. The molecular weight excluding hydrogens is 582 g/mol. The lowest BCUT2D eigenvalue weighted by atomic mass is 9.88. The van der Waals surface area contributed by atoms with E-state index in [1.54, 1.807) is 18.2 Å². The number of rotatable bonds is 11. The molecule has 14 heteroatoms. The third kappa shape index (κ3) is 7.24. The molecule has 3 fully saturated rings. The molecular formula is C28H41N5O7S2. The van der Waals surface area contributed by atoms with Crippen LogP contribution in [0, 0.1) is 0 Å². The Morgan fingerprint density at radius 2 is 1.83 bits per heavy atom. The van der Waals surface area contributed by atoms with E-state index in [-0.39, 0.29) is 34.6 Å². The van der Waals surface area contributed by atoms with E-state index in [0.29, 0.717) is 38.3 Å². The minimum Gasteiger partial charge on any atom is -0.491 e. The zero-order chi connectivity index (χ0) is 29.8. The van der Waals surface area contributed by atoms with Crippen LogP contribution in [-0.2, 0) is 24.8 Å². The highest BCUT2D eigenvalue weighted by Gasteiger charge is 2.44. The predicted octanol–water partition coefficient (Wildman–Crippen LogP) is 1.32. The zero-order valence-corrected chi connectivity index (χ0v) is 25.6. The normalized spacial score (nSPS) is 22.3. The molecule has 3 aliphatic rings. The molecule has 1 spiro atoms. The van der Waals surface area contributed by atoms with E-state index in [2.05, 4.69) is 19.9 Å². The third-order valence-corrected chi connectivity index (χ3v) is 11.6. The summed E-state index contributed by atoms with van der Waals surface area (Å²) in [4.78, 5) is 6.97. The number of ether oxygens (including phenoxy) is 2. The molecule has 5 rings (SSSR count). The van der Waals surface area contributed by atoms with Gasteiger partial charge < -0.3 is 24.8 Å². The van der Waals surface area contributed by atoms with Crippen LogP contribution in [0.4, 0.5) is 5.82 Å². The van der Waals surface area contributed by atoms with Crippen molar-refractivity contribution in [1.29, 1.82) is 0 Å². The number of aliphatic hydroxyl groups excluding tert-OH is 1. The van der Waals surface area contributed by atoms with Crippen LogP contribution >= 0.6 is 0 Å². The Kier molecular flexibility index (Phi) is 9.72. The minimum absolute atomic E-state index is 0.00450. The second-order valence-corrected chi connectivity index (χ2v) is 15.1. The summed E-state index contributed by atoms with van der Waals surface area (Å²) >= 11 is 0. The number of sulfonamides is 2. The van der Waals surface area contributed by atoms with E-state index in [4.69, 9.17) is 9.47 Å². The standard InChI is InChI=1S/C28H41N5O7S2/c1-29-41(35,36)25-7-5-6-24(16-25)39-21-23(34)18-30-22-17-28(40-20-22)10-14-33(15-11-28)42(37,38)26-8-9-27(31-19-26)32-12-3-2-4-13-32/h5-9,16,19,22-23,29-30,34H,2-4,10-15,17-18,20-21H2,1H3/t22?,23-/m0/s1. The van der Waals surface area contributed by atoms with Gasteiger partial charge in [0.2, 0.25) is 20.0 Å². The number of nitrogens with zero attached hydrogens (tertiary/aromatic N) is 3. The third-order valence-electron chi connectivity index (χ3n) is 8.35. The number of aliphatic hydroxyl groups is 1. The van der Waals surface area contributed by atoms with Crippen LogP contribution < -0.4 is 19.7 Å². The highest BCUT2D eigenvalue weighted by atomic mass is 32.2. The van der Waals surface area contributed by atoms with Crippen molar-refractivity contribution in [3.05, 3.63) is 42.6 Å². The molecule has 2 aromatic rings. The maximum atomic E-state index is 13.3. The molecule has 0 aliphatic carbocycles. The van der Waals surface area contributed by atoms with Gasteiger partial charge in [0.15, 0.2) is 0 Å². The fourth-order valence-electron chi connectivity index (χ4n) is 5.85. The van der Waals surface area contributed by atoms with Crippen molar-refractivity contribution < 1.29 is 31.4 Å². The first kappa shape index (κ1) is 31.1. The van der Waals surface area contributed by atoms with Crippen LogP contribution in [0.5, 0.6) is 5.75 Å². The summed E-state index contributed by atoms with van der Waals surface area (Å²) in [6.07, 6.45) is 6.08. The fourth-order valence-corrected chi connectivity index (χ4v) is 8.00. The first-order valence-electron chi connectivity index (χ1n) is 14.5. The maximum absolute atomic E-state index is 13.3. The van der Waals surface area contributed by atoms with Crippen LogP contribution in [0.25, 0.3) is 0 Å². The van der Waals surface area contributed by atoms with Crippen molar-refractivity contribution in [2.45, 2.75) is 66.1 Å². The van der Waals surface area contributed by atoms with Crippen LogP contribution in [0.3, 0.4) is 0 Å². The second-order valence-electron chi connectivity index (χ2n) is 11.3. The fraction of sp³-hybridized carbons (Fsp3) is 0.607. The summed E-state index contributed by atoms with van der Waals surface area (Å²) in [6, 6.07) is 9.60. The predicted molar refractivity (Wildman–Crippen MR) is 158 cm³/mol. The lowest BCUT2D eigenvalue weighted by molar-refractivity contribution is -0.0312. The summed E-state index contributed by atoms with van der Waals surface area (Å²) in [5, 5.41) is 13.8. The molecule has 3 saturated heterocycles. The first-order valence-corrected chi connectivity index (χ1v) is 17.5. The van der Waals surface area contributed by atoms with Crippen molar-refractivity contribution in [2.24, 2.45) is 0 Å². The Hall–Kier alpha value is -2.33. The second kappa shape index (κ2) is 13.1. The van der Waals surface area contributed by atoms with E-state index in [0.717, 1.165) is 38.2 Å². The highest BCUT2D eigenvalue weighted by Crippen LogP contribution is 2.37. The van der Waals surface area contributed by atoms with Crippen LogP contribution in [0.2, 0.25) is 0 Å². The zero-order valence-electron chi connectivity index (χ0n) is 23.9. The minimum atomic E-state index is -3.64. The molecule has 42 heavy (non-hydrogen) atoms. The highest BCUT2D eigenvalue weighted by molar-refractivity contribution is 7.89. The summed E-state index contributed by atoms with van der Waals surface area (Å²) in [6.45, 7) is 3.41. The van der Waals surface area contributed by atoms with Gasteiger partial charge in [0, 0.05) is 51.0 Å². The van der Waals surface area contributed by atoms with E-state index >= 15 is 0 Å². The van der Waals surface area contributed by atoms with Crippen LogP contribution in [-0.4, -0.2) is 102 Å². The van der Waals surface area contributed by atoms with Crippen molar-refractivity contribution in [3.8, 4) is 5.75 Å². The number of nitrogens with one attached hydrogen (secondary N) is 2. The van der Waals surface area contributed by atoms with Gasteiger partial charge >= 0.3 is 0 Å². The number of benzene rings is 1. The molecule has 1 aromatic heterocycles. The lowest BCUT2D eigenvalue weighted by Crippen LogP contribution is -2.47. The molecule has 1 aromatic carbocycles. The van der Waals surface area contributed by atoms with Gasteiger partial charge in [-0.2, -0.15) is 4.31 Å². The smallest absolute Gasteiger partial charge is 0.244 e. The van der Waals surface area contributed by atoms with Gasteiger partial charge in [0.1, 0.15) is 29.2 Å². The van der Waals surface area contributed by atoms with Crippen LogP contribution in [0.15, 0.2) is 52.4 Å². The quantitative estimate of drug-likeness (QED) is 0.335. The Morgan fingerprint density at radius 3 is 2.52 bits per heavy atom. The van der Waals surface area contributed by atoms with E-state index in [1.165, 1.54) is 36.1 Å². The van der Waals surface area contributed by atoms with Crippen molar-refractivity contribution >= 4 is 25.9 Å². The first-order chi connectivity index (χ1) is 20.1. The monoisotopic (exact) mass is 623 g/mol. The molecule has 4 heterocycles. The average Bonchev–Trinajstić information content (AvgIpc) is 3.41. The molecule has 0 radical (unpaired) electrons. The molecule has 3 aliphatic heterocycles. The molecule has 3 N–H and O–H groups in total. The number of piperidine rings is 2. The topological polar surface area (TPSA) is 150 Å². The molecule has 0 amide bonds. The van der Waals surface area contributed by atoms with Gasteiger partial charge in [-0.15, -0.1) is 0 Å². The number of aromatic nitrogens is 1. The van der Waals surface area contributed by atoms with Gasteiger partial charge in [-0.3, -0.25) is 0 Å². The van der Waals surface area contributed by atoms with Gasteiger partial charge in [0.25, 0.3) is 0 Å². The Bertz CT molecular complexity index is 1410. The average molecular weight is 624 g/mol. The Balaban J connectivity index is 1.06. The summed E-state index contributed by atoms with van der Waals surface area (Å²) in [5.74, 6) is 1.18.